The Bertz CT molecular complexity index is 847. The SMILES string of the molecule is CC(C)Cn1c(SCC(=O)N2CCC[C@@H](C)C2)nc2ccccc2c1=O. The molecule has 0 N–H and O–H groups in total. The van der Waals surface area contributed by atoms with Crippen LogP contribution in [0.1, 0.15) is 33.6 Å². The number of para-hydroxylation sites is 1. The van der Waals surface area contributed by atoms with E-state index < -0.39 is 0 Å². The molecule has 1 amide bonds. The molecule has 0 spiro atoms. The van der Waals surface area contributed by atoms with E-state index in [9.17, 15) is 9.59 Å². The van der Waals surface area contributed by atoms with Gasteiger partial charge in [-0.1, -0.05) is 44.7 Å². The van der Waals surface area contributed by atoms with Crippen molar-refractivity contribution in [3.63, 3.8) is 0 Å². The van der Waals surface area contributed by atoms with Crippen molar-refractivity contribution in [1.82, 2.24) is 14.5 Å². The summed E-state index contributed by atoms with van der Waals surface area (Å²) < 4.78 is 1.73. The Labute approximate surface area is 158 Å². The second-order valence-corrected chi connectivity index (χ2v) is 8.54. The summed E-state index contributed by atoms with van der Waals surface area (Å²) in [5.41, 5.74) is 0.671. The van der Waals surface area contributed by atoms with Gasteiger partial charge in [0.15, 0.2) is 5.16 Å². The highest BCUT2D eigenvalue weighted by Gasteiger charge is 2.22. The zero-order valence-corrected chi connectivity index (χ0v) is 16.6. The number of thioether (sulfide) groups is 1. The van der Waals surface area contributed by atoms with Crippen molar-refractivity contribution in [3.8, 4) is 0 Å². The number of fused-ring (bicyclic) bond motifs is 1. The lowest BCUT2D eigenvalue weighted by Crippen LogP contribution is -2.40. The van der Waals surface area contributed by atoms with Gasteiger partial charge in [0.2, 0.25) is 5.91 Å². The molecule has 0 unspecified atom stereocenters. The summed E-state index contributed by atoms with van der Waals surface area (Å²) in [6.45, 7) is 8.63. The van der Waals surface area contributed by atoms with E-state index in [-0.39, 0.29) is 11.5 Å². The fraction of sp³-hybridized carbons (Fsp3) is 0.550. The Kier molecular flexibility index (Phi) is 6.01. The molecule has 0 saturated carbocycles. The largest absolute Gasteiger partial charge is 0.342 e. The van der Waals surface area contributed by atoms with E-state index in [1.165, 1.54) is 18.2 Å². The molecule has 1 aliphatic heterocycles. The Morgan fingerprint density at radius 1 is 1.35 bits per heavy atom. The van der Waals surface area contributed by atoms with Crippen LogP contribution in [0.25, 0.3) is 10.9 Å². The van der Waals surface area contributed by atoms with Gasteiger partial charge in [-0.2, -0.15) is 0 Å². The van der Waals surface area contributed by atoms with E-state index in [0.717, 1.165) is 19.5 Å². The minimum Gasteiger partial charge on any atom is -0.342 e. The smallest absolute Gasteiger partial charge is 0.262 e. The molecule has 2 aromatic rings. The van der Waals surface area contributed by atoms with Crippen LogP contribution in [0.15, 0.2) is 34.2 Å². The lowest BCUT2D eigenvalue weighted by molar-refractivity contribution is -0.130. The lowest BCUT2D eigenvalue weighted by atomic mass is 10.0. The Balaban J connectivity index is 1.84. The van der Waals surface area contributed by atoms with Gasteiger partial charge >= 0.3 is 0 Å². The number of rotatable bonds is 5. The fourth-order valence-electron chi connectivity index (χ4n) is 3.42. The molecular formula is C20H27N3O2S. The molecule has 0 aliphatic carbocycles. The molecule has 0 bridgehead atoms. The third-order valence-corrected chi connectivity index (χ3v) is 5.67. The van der Waals surface area contributed by atoms with E-state index in [2.05, 4.69) is 25.8 Å². The molecule has 1 fully saturated rings. The maximum atomic E-state index is 12.9. The summed E-state index contributed by atoms with van der Waals surface area (Å²) in [7, 11) is 0. The number of nitrogens with zero attached hydrogens (tertiary/aromatic N) is 3. The molecule has 26 heavy (non-hydrogen) atoms. The van der Waals surface area contributed by atoms with Crippen LogP contribution in [0.4, 0.5) is 0 Å². The highest BCUT2D eigenvalue weighted by molar-refractivity contribution is 7.99. The van der Waals surface area contributed by atoms with E-state index in [0.29, 0.717) is 40.2 Å². The number of carbonyl (C=O) groups excluding carboxylic acids is 1. The molecule has 1 aliphatic rings. The minimum atomic E-state index is -0.0224. The molecular weight excluding hydrogens is 346 g/mol. The van der Waals surface area contributed by atoms with Crippen LogP contribution in [0, 0.1) is 11.8 Å². The molecule has 1 atom stereocenters. The topological polar surface area (TPSA) is 55.2 Å². The van der Waals surface area contributed by atoms with Gasteiger partial charge in [-0.15, -0.1) is 0 Å². The lowest BCUT2D eigenvalue weighted by Gasteiger charge is -2.30. The number of benzene rings is 1. The van der Waals surface area contributed by atoms with Crippen molar-refractivity contribution >= 4 is 28.6 Å². The summed E-state index contributed by atoms with van der Waals surface area (Å²) >= 11 is 1.38. The average molecular weight is 374 g/mol. The van der Waals surface area contributed by atoms with Gasteiger partial charge in [0, 0.05) is 19.6 Å². The predicted molar refractivity (Wildman–Crippen MR) is 107 cm³/mol. The fourth-order valence-corrected chi connectivity index (χ4v) is 4.33. The van der Waals surface area contributed by atoms with Crippen molar-refractivity contribution in [2.75, 3.05) is 18.8 Å². The second-order valence-electron chi connectivity index (χ2n) is 7.60. The Hall–Kier alpha value is -1.82. The first-order valence-corrected chi connectivity index (χ1v) is 10.3. The highest BCUT2D eigenvalue weighted by atomic mass is 32.2. The van der Waals surface area contributed by atoms with Crippen LogP contribution < -0.4 is 5.56 Å². The van der Waals surface area contributed by atoms with Gasteiger partial charge in [-0.25, -0.2) is 4.98 Å². The third kappa shape index (κ3) is 4.29. The highest BCUT2D eigenvalue weighted by Crippen LogP contribution is 2.21. The maximum absolute atomic E-state index is 12.9. The number of likely N-dealkylation sites (tertiary alicyclic amines) is 1. The van der Waals surface area contributed by atoms with Crippen molar-refractivity contribution in [2.24, 2.45) is 11.8 Å². The van der Waals surface area contributed by atoms with Crippen molar-refractivity contribution in [1.29, 1.82) is 0 Å². The third-order valence-electron chi connectivity index (χ3n) is 4.71. The van der Waals surface area contributed by atoms with Crippen LogP contribution in [0.5, 0.6) is 0 Å². The van der Waals surface area contributed by atoms with Gasteiger partial charge in [-0.05, 0) is 36.8 Å². The molecule has 140 valence electrons. The van der Waals surface area contributed by atoms with E-state index in [4.69, 9.17) is 0 Å². The molecule has 3 rings (SSSR count). The van der Waals surface area contributed by atoms with E-state index in [1.807, 2.05) is 29.2 Å². The number of carbonyl (C=O) groups is 1. The van der Waals surface area contributed by atoms with Gasteiger partial charge in [0.25, 0.3) is 5.56 Å². The number of hydrogen-bond donors (Lipinski definition) is 0. The van der Waals surface area contributed by atoms with Crippen molar-refractivity contribution < 1.29 is 4.79 Å². The van der Waals surface area contributed by atoms with Gasteiger partial charge < -0.3 is 4.90 Å². The van der Waals surface area contributed by atoms with Gasteiger partial charge in [0.05, 0.1) is 16.7 Å². The molecule has 6 heteroatoms. The van der Waals surface area contributed by atoms with Crippen LogP contribution in [-0.4, -0.2) is 39.2 Å². The zero-order chi connectivity index (χ0) is 18.7. The standard InChI is InChI=1S/C20H27N3O2S/c1-14(2)11-23-19(25)16-8-4-5-9-17(16)21-20(23)26-13-18(24)22-10-6-7-15(3)12-22/h4-5,8-9,14-15H,6-7,10-13H2,1-3H3/t15-/m1/s1. The van der Waals surface area contributed by atoms with Crippen LogP contribution in [0.3, 0.4) is 0 Å². The summed E-state index contributed by atoms with van der Waals surface area (Å²) in [6, 6.07) is 7.42. The van der Waals surface area contributed by atoms with Crippen molar-refractivity contribution in [2.45, 2.75) is 45.3 Å². The number of piperidine rings is 1. The van der Waals surface area contributed by atoms with Gasteiger partial charge in [0.1, 0.15) is 0 Å². The van der Waals surface area contributed by atoms with Crippen LogP contribution in [-0.2, 0) is 11.3 Å². The second kappa shape index (κ2) is 8.25. The average Bonchev–Trinajstić information content (AvgIpc) is 2.62. The molecule has 5 nitrogen and oxygen atoms in total. The first kappa shape index (κ1) is 19.0. The normalized spacial score (nSPS) is 17.8. The number of amides is 1. The Morgan fingerprint density at radius 2 is 2.12 bits per heavy atom. The van der Waals surface area contributed by atoms with Gasteiger partial charge in [-0.3, -0.25) is 14.2 Å². The molecule has 2 heterocycles. The molecule has 0 radical (unpaired) electrons. The minimum absolute atomic E-state index is 0.0224. The predicted octanol–water partition coefficient (Wildman–Crippen LogP) is 3.40. The summed E-state index contributed by atoms with van der Waals surface area (Å²) in [5.74, 6) is 1.36. The number of aromatic nitrogens is 2. The molecule has 1 aromatic heterocycles. The monoisotopic (exact) mass is 373 g/mol. The summed E-state index contributed by atoms with van der Waals surface area (Å²) in [4.78, 5) is 32.1. The van der Waals surface area contributed by atoms with Crippen LogP contribution in [0.2, 0.25) is 0 Å². The zero-order valence-electron chi connectivity index (χ0n) is 15.8. The van der Waals surface area contributed by atoms with E-state index >= 15 is 0 Å². The first-order chi connectivity index (χ1) is 12.5. The number of hydrogen-bond acceptors (Lipinski definition) is 4. The summed E-state index contributed by atoms with van der Waals surface area (Å²) in [6.07, 6.45) is 2.26. The maximum Gasteiger partial charge on any atom is 0.262 e. The summed E-state index contributed by atoms with van der Waals surface area (Å²) in [5, 5.41) is 1.27. The van der Waals surface area contributed by atoms with Crippen molar-refractivity contribution in [3.05, 3.63) is 34.6 Å². The first-order valence-electron chi connectivity index (χ1n) is 9.36. The molecule has 1 saturated heterocycles. The molecule has 1 aromatic carbocycles. The Morgan fingerprint density at radius 3 is 2.85 bits per heavy atom. The van der Waals surface area contributed by atoms with E-state index in [1.54, 1.807) is 4.57 Å². The quantitative estimate of drug-likeness (QED) is 0.595. The van der Waals surface area contributed by atoms with Crippen LogP contribution >= 0.6 is 11.8 Å².